The summed E-state index contributed by atoms with van der Waals surface area (Å²) in [4.78, 5) is 36.0. The quantitative estimate of drug-likeness (QED) is 0.567. The summed E-state index contributed by atoms with van der Waals surface area (Å²) in [5.74, 6) is -1.52. The van der Waals surface area contributed by atoms with Crippen LogP contribution in [0, 0.1) is 5.82 Å². The van der Waals surface area contributed by atoms with Crippen molar-refractivity contribution < 1.29 is 17.6 Å². The van der Waals surface area contributed by atoms with Crippen LogP contribution in [0.25, 0.3) is 11.0 Å². The summed E-state index contributed by atoms with van der Waals surface area (Å²) in [6.07, 6.45) is 0. The molecular weight excluding hydrogens is 451 g/mol. The van der Waals surface area contributed by atoms with Crippen molar-refractivity contribution >= 4 is 44.3 Å². The number of halogens is 2. The third-order valence-corrected chi connectivity index (χ3v) is 6.78. The molecule has 1 aromatic heterocycles. The van der Waals surface area contributed by atoms with Crippen LogP contribution >= 0.6 is 11.6 Å². The van der Waals surface area contributed by atoms with E-state index < -0.39 is 39.4 Å². The van der Waals surface area contributed by atoms with Crippen LogP contribution in [0.4, 0.5) is 10.1 Å². The van der Waals surface area contributed by atoms with E-state index in [4.69, 9.17) is 11.6 Å². The van der Waals surface area contributed by atoms with Crippen LogP contribution in [-0.2, 0) is 28.9 Å². The number of benzene rings is 2. The number of carbonyl (C=O) groups is 1. The summed E-state index contributed by atoms with van der Waals surface area (Å²) in [6.45, 7) is -0.589. The van der Waals surface area contributed by atoms with Crippen LogP contribution in [0.5, 0.6) is 0 Å². The molecule has 0 radical (unpaired) electrons. The van der Waals surface area contributed by atoms with Gasteiger partial charge in [-0.3, -0.25) is 14.4 Å². The summed E-state index contributed by atoms with van der Waals surface area (Å²) >= 11 is 5.67. The van der Waals surface area contributed by atoms with Crippen LogP contribution < -0.4 is 16.4 Å². The fraction of sp³-hybridized carbons (Fsp3) is 0.211. The van der Waals surface area contributed by atoms with Crippen molar-refractivity contribution in [1.82, 2.24) is 13.4 Å². The van der Waals surface area contributed by atoms with Gasteiger partial charge >= 0.3 is 11.1 Å². The van der Waals surface area contributed by atoms with Crippen molar-refractivity contribution in [3.63, 3.8) is 0 Å². The van der Waals surface area contributed by atoms with Crippen LogP contribution in [-0.4, -0.2) is 41.4 Å². The van der Waals surface area contributed by atoms with Crippen molar-refractivity contribution in [3.8, 4) is 0 Å². The number of aryl methyl sites for hydroxylation is 2. The van der Waals surface area contributed by atoms with Crippen LogP contribution in [0.3, 0.4) is 0 Å². The second kappa shape index (κ2) is 8.25. The van der Waals surface area contributed by atoms with Gasteiger partial charge in [0.05, 0.1) is 28.2 Å². The molecule has 0 spiro atoms. The minimum atomic E-state index is -4.13. The minimum Gasteiger partial charge on any atom is -0.322 e. The lowest BCUT2D eigenvalue weighted by Crippen LogP contribution is -2.39. The van der Waals surface area contributed by atoms with Crippen LogP contribution in [0.1, 0.15) is 0 Å². The number of anilines is 1. The highest BCUT2D eigenvalue weighted by Crippen LogP contribution is 2.21. The smallest absolute Gasteiger partial charge is 0.316 e. The van der Waals surface area contributed by atoms with Gasteiger partial charge in [0.2, 0.25) is 15.9 Å². The van der Waals surface area contributed by atoms with Crippen molar-refractivity contribution in [2.45, 2.75) is 4.90 Å². The van der Waals surface area contributed by atoms with E-state index in [-0.39, 0.29) is 21.1 Å². The van der Waals surface area contributed by atoms with Gasteiger partial charge in [-0.2, -0.15) is 4.31 Å². The summed E-state index contributed by atoms with van der Waals surface area (Å²) in [5, 5.41) is 2.44. The second-order valence-corrected chi connectivity index (χ2v) is 9.29. The summed E-state index contributed by atoms with van der Waals surface area (Å²) < 4.78 is 42.7. The second-order valence-electron chi connectivity index (χ2n) is 6.81. The van der Waals surface area contributed by atoms with E-state index in [2.05, 4.69) is 5.32 Å². The molecule has 0 atom stereocenters. The number of aromatic nitrogens is 2. The lowest BCUT2D eigenvalue weighted by molar-refractivity contribution is -0.116. The van der Waals surface area contributed by atoms with E-state index in [1.807, 2.05) is 0 Å². The molecule has 0 saturated heterocycles. The number of fused-ring (bicyclic) bond motifs is 1. The van der Waals surface area contributed by atoms with E-state index in [0.717, 1.165) is 19.5 Å². The Kier molecular flexibility index (Phi) is 6.03. The molecule has 0 aliphatic carbocycles. The number of amides is 1. The zero-order valence-electron chi connectivity index (χ0n) is 16.7. The molecule has 0 aliphatic rings. The Labute approximate surface area is 181 Å². The zero-order valence-corrected chi connectivity index (χ0v) is 18.3. The maximum Gasteiger partial charge on any atom is 0.316 e. The van der Waals surface area contributed by atoms with E-state index in [9.17, 15) is 27.2 Å². The highest BCUT2D eigenvalue weighted by Gasteiger charge is 2.24. The zero-order chi connectivity index (χ0) is 23.1. The normalized spacial score (nSPS) is 11.8. The molecular formula is C19H18ClFN4O5S. The molecule has 3 rings (SSSR count). The van der Waals surface area contributed by atoms with Gasteiger partial charge in [0.1, 0.15) is 5.82 Å². The van der Waals surface area contributed by atoms with Gasteiger partial charge in [0.25, 0.3) is 0 Å². The van der Waals surface area contributed by atoms with Gasteiger partial charge in [-0.05, 0) is 36.4 Å². The van der Waals surface area contributed by atoms with Crippen molar-refractivity contribution in [3.05, 3.63) is 67.9 Å². The Balaban J connectivity index is 1.90. The summed E-state index contributed by atoms with van der Waals surface area (Å²) in [5.41, 5.74) is -1.09. The minimum absolute atomic E-state index is 0.137. The molecule has 0 bridgehead atoms. The van der Waals surface area contributed by atoms with E-state index in [1.165, 1.54) is 51.5 Å². The topological polar surface area (TPSA) is 110 Å². The average Bonchev–Trinajstić information content (AvgIpc) is 2.72. The molecule has 9 nitrogen and oxygen atoms in total. The number of carbonyl (C=O) groups excluding carboxylic acids is 1. The van der Waals surface area contributed by atoms with Gasteiger partial charge in [-0.15, -0.1) is 0 Å². The first-order valence-corrected chi connectivity index (χ1v) is 10.7. The summed E-state index contributed by atoms with van der Waals surface area (Å²) in [6, 6.07) is 7.59. The van der Waals surface area contributed by atoms with E-state index in [0.29, 0.717) is 5.52 Å². The Hall–Kier alpha value is -3.02. The Bertz CT molecular complexity index is 1430. The largest absolute Gasteiger partial charge is 0.322 e. The SMILES string of the molecule is CN(CC(=O)Nc1ccc(Cl)cc1F)S(=O)(=O)c1ccc2c(c1)n(C)c(=O)c(=O)n2C. The molecule has 31 heavy (non-hydrogen) atoms. The first kappa shape index (κ1) is 22.7. The molecule has 0 unspecified atom stereocenters. The predicted octanol–water partition coefficient (Wildman–Crippen LogP) is 1.29. The van der Waals surface area contributed by atoms with E-state index in [1.54, 1.807) is 0 Å². The molecule has 2 aromatic carbocycles. The van der Waals surface area contributed by atoms with Gasteiger partial charge < -0.3 is 14.5 Å². The Morgan fingerprint density at radius 1 is 1.06 bits per heavy atom. The maximum absolute atomic E-state index is 13.8. The molecule has 0 saturated carbocycles. The lowest BCUT2D eigenvalue weighted by atomic mass is 10.3. The fourth-order valence-corrected chi connectivity index (χ4v) is 4.28. The Morgan fingerprint density at radius 2 is 1.68 bits per heavy atom. The highest BCUT2D eigenvalue weighted by atomic mass is 35.5. The molecule has 164 valence electrons. The monoisotopic (exact) mass is 468 g/mol. The Morgan fingerprint density at radius 3 is 2.29 bits per heavy atom. The highest BCUT2D eigenvalue weighted by molar-refractivity contribution is 7.89. The van der Waals surface area contributed by atoms with Gasteiger partial charge in [-0.25, -0.2) is 12.8 Å². The molecule has 1 amide bonds. The fourth-order valence-electron chi connectivity index (χ4n) is 2.97. The lowest BCUT2D eigenvalue weighted by Gasteiger charge is -2.18. The standard InChI is InChI=1S/C19H18ClFN4O5S/c1-23(10-17(26)22-14-6-4-11(20)8-13(14)21)31(29,30)12-5-7-15-16(9-12)25(3)19(28)18(27)24(15)2/h4-9H,10H2,1-3H3,(H,22,26). The summed E-state index contributed by atoms with van der Waals surface area (Å²) in [7, 11) is -0.170. The molecule has 0 aliphatic heterocycles. The van der Waals surface area contributed by atoms with Crippen LogP contribution in [0.15, 0.2) is 50.9 Å². The molecule has 0 fully saturated rings. The number of nitrogens with one attached hydrogen (secondary N) is 1. The third-order valence-electron chi connectivity index (χ3n) is 4.74. The van der Waals surface area contributed by atoms with Gasteiger partial charge in [0.15, 0.2) is 0 Å². The number of hydrogen-bond donors (Lipinski definition) is 1. The average molecular weight is 469 g/mol. The predicted molar refractivity (Wildman–Crippen MR) is 114 cm³/mol. The molecule has 1 N–H and O–H groups in total. The number of nitrogens with zero attached hydrogens (tertiary/aromatic N) is 3. The van der Waals surface area contributed by atoms with Crippen LogP contribution in [0.2, 0.25) is 5.02 Å². The third kappa shape index (κ3) is 4.24. The first-order chi connectivity index (χ1) is 14.4. The number of sulfonamides is 1. The maximum atomic E-state index is 13.8. The number of hydrogen-bond acceptors (Lipinski definition) is 5. The molecule has 12 heteroatoms. The first-order valence-electron chi connectivity index (χ1n) is 8.84. The van der Waals surface area contributed by atoms with Gasteiger partial charge in [0, 0.05) is 26.2 Å². The van der Waals surface area contributed by atoms with Gasteiger partial charge in [-0.1, -0.05) is 11.6 Å². The molecule has 3 aromatic rings. The number of rotatable bonds is 5. The number of likely N-dealkylation sites (N-methyl/N-ethyl adjacent to an activating group) is 1. The van der Waals surface area contributed by atoms with E-state index >= 15 is 0 Å². The van der Waals surface area contributed by atoms with Crippen molar-refractivity contribution in [2.75, 3.05) is 18.9 Å². The molecule has 1 heterocycles. The van der Waals surface area contributed by atoms with Crippen molar-refractivity contribution in [2.24, 2.45) is 14.1 Å². The van der Waals surface area contributed by atoms with Crippen molar-refractivity contribution in [1.29, 1.82) is 0 Å².